The number of nitrogens with zero attached hydrogens (tertiary/aromatic N) is 1. The van der Waals surface area contributed by atoms with Crippen LogP contribution in [0.2, 0.25) is 5.02 Å². The lowest BCUT2D eigenvalue weighted by atomic mass is 10.1. The molecule has 0 unspecified atom stereocenters. The smallest absolute Gasteiger partial charge is 0.323 e. The minimum atomic E-state index is -1.20. The lowest BCUT2D eigenvalue weighted by Crippen LogP contribution is -2.37. The van der Waals surface area contributed by atoms with E-state index in [4.69, 9.17) is 16.7 Å². The maximum atomic E-state index is 13.1. The van der Waals surface area contributed by atoms with Crippen LogP contribution in [0.4, 0.5) is 8.78 Å². The second kappa shape index (κ2) is 5.13. The first-order chi connectivity index (χ1) is 8.90. The molecule has 1 aromatic rings. The minimum Gasteiger partial charge on any atom is -0.480 e. The molecule has 1 amide bonds. The Morgan fingerprint density at radius 3 is 2.42 bits per heavy atom. The molecule has 19 heavy (non-hydrogen) atoms. The normalized spacial score (nSPS) is 14.3. The minimum absolute atomic E-state index is 0.173. The largest absolute Gasteiger partial charge is 0.480 e. The predicted molar refractivity (Wildman–Crippen MR) is 63.1 cm³/mol. The quantitative estimate of drug-likeness (QED) is 0.865. The highest BCUT2D eigenvalue weighted by Gasteiger charge is 2.35. The van der Waals surface area contributed by atoms with E-state index in [2.05, 4.69) is 0 Å². The Kier molecular flexibility index (Phi) is 3.71. The van der Waals surface area contributed by atoms with Gasteiger partial charge in [0.1, 0.15) is 6.54 Å². The monoisotopic (exact) mass is 289 g/mol. The summed E-state index contributed by atoms with van der Waals surface area (Å²) in [6.07, 6.45) is 1.39. The van der Waals surface area contributed by atoms with E-state index in [1.807, 2.05) is 0 Å². The maximum Gasteiger partial charge on any atom is 0.323 e. The number of aliphatic carboxylic acids is 1. The lowest BCUT2D eigenvalue weighted by molar-refractivity contribution is -0.137. The van der Waals surface area contributed by atoms with E-state index in [1.165, 1.54) is 0 Å². The van der Waals surface area contributed by atoms with Crippen LogP contribution in [0.3, 0.4) is 0 Å². The molecule has 0 bridgehead atoms. The van der Waals surface area contributed by atoms with Crippen LogP contribution in [0.25, 0.3) is 0 Å². The van der Waals surface area contributed by atoms with Crippen molar-refractivity contribution in [2.24, 2.45) is 0 Å². The van der Waals surface area contributed by atoms with Crippen molar-refractivity contribution in [2.45, 2.75) is 18.9 Å². The summed E-state index contributed by atoms with van der Waals surface area (Å²) in [4.78, 5) is 24.0. The van der Waals surface area contributed by atoms with Gasteiger partial charge in [0.05, 0.1) is 10.6 Å². The molecule has 102 valence electrons. The summed E-state index contributed by atoms with van der Waals surface area (Å²) >= 11 is 5.70. The van der Waals surface area contributed by atoms with Gasteiger partial charge in [-0.3, -0.25) is 9.59 Å². The van der Waals surface area contributed by atoms with Gasteiger partial charge in [-0.2, -0.15) is 0 Å². The molecule has 1 saturated carbocycles. The number of amides is 1. The van der Waals surface area contributed by atoms with Gasteiger partial charge in [-0.15, -0.1) is 0 Å². The van der Waals surface area contributed by atoms with Crippen LogP contribution in [0.1, 0.15) is 23.2 Å². The van der Waals surface area contributed by atoms with Crippen molar-refractivity contribution < 1.29 is 23.5 Å². The fourth-order valence-corrected chi connectivity index (χ4v) is 1.97. The fourth-order valence-electron chi connectivity index (χ4n) is 1.74. The summed E-state index contributed by atoms with van der Waals surface area (Å²) < 4.78 is 26.1. The van der Waals surface area contributed by atoms with Crippen molar-refractivity contribution in [3.05, 3.63) is 34.4 Å². The van der Waals surface area contributed by atoms with E-state index in [9.17, 15) is 18.4 Å². The van der Waals surface area contributed by atoms with Gasteiger partial charge in [0, 0.05) is 6.04 Å². The van der Waals surface area contributed by atoms with Gasteiger partial charge in [0.25, 0.3) is 5.91 Å². The molecule has 1 fully saturated rings. The lowest BCUT2D eigenvalue weighted by Gasteiger charge is -2.20. The zero-order valence-electron chi connectivity index (χ0n) is 9.70. The molecule has 4 nitrogen and oxygen atoms in total. The van der Waals surface area contributed by atoms with Crippen molar-refractivity contribution in [1.29, 1.82) is 0 Å². The topological polar surface area (TPSA) is 57.6 Å². The molecule has 1 aromatic carbocycles. The fraction of sp³-hybridized carbons (Fsp3) is 0.333. The Bertz CT molecular complexity index is 546. The Labute approximate surface area is 112 Å². The van der Waals surface area contributed by atoms with Crippen molar-refractivity contribution in [2.75, 3.05) is 6.54 Å². The number of carboxylic acids is 1. The highest BCUT2D eigenvalue weighted by Crippen LogP contribution is 2.30. The molecule has 2 rings (SSSR count). The highest BCUT2D eigenvalue weighted by atomic mass is 35.5. The van der Waals surface area contributed by atoms with Gasteiger partial charge in [0.2, 0.25) is 0 Å². The number of rotatable bonds is 4. The van der Waals surface area contributed by atoms with E-state index in [1.54, 1.807) is 0 Å². The number of halogens is 3. The van der Waals surface area contributed by atoms with Gasteiger partial charge >= 0.3 is 5.97 Å². The molecule has 0 heterocycles. The molecule has 0 radical (unpaired) electrons. The Morgan fingerprint density at radius 1 is 1.32 bits per heavy atom. The van der Waals surface area contributed by atoms with Gasteiger partial charge in [0.15, 0.2) is 11.6 Å². The van der Waals surface area contributed by atoms with E-state index < -0.39 is 30.1 Å². The summed E-state index contributed by atoms with van der Waals surface area (Å²) in [5.74, 6) is -4.22. The van der Waals surface area contributed by atoms with Crippen LogP contribution >= 0.6 is 11.6 Å². The third-order valence-electron chi connectivity index (χ3n) is 2.79. The van der Waals surface area contributed by atoms with E-state index in [0.29, 0.717) is 25.0 Å². The molecule has 1 aliphatic rings. The number of hydrogen-bond donors (Lipinski definition) is 1. The number of benzene rings is 1. The molecule has 0 saturated heterocycles. The Hall–Kier alpha value is -1.69. The molecule has 0 aromatic heterocycles. The SMILES string of the molecule is O=C(O)CN(C(=O)c1cc(F)c(F)cc1Cl)C1CC1. The second-order valence-corrected chi connectivity index (χ2v) is 4.71. The average Bonchev–Trinajstić information content (AvgIpc) is 3.14. The first kappa shape index (κ1) is 13.7. The molecule has 1 N–H and O–H groups in total. The number of carbonyl (C=O) groups excluding carboxylic acids is 1. The average molecular weight is 290 g/mol. The third kappa shape index (κ3) is 3.01. The van der Waals surface area contributed by atoms with Gasteiger partial charge in [-0.25, -0.2) is 8.78 Å². The number of carbonyl (C=O) groups is 2. The maximum absolute atomic E-state index is 13.1. The summed E-state index contributed by atoms with van der Waals surface area (Å²) in [7, 11) is 0. The summed E-state index contributed by atoms with van der Waals surface area (Å²) in [5.41, 5.74) is -0.228. The standard InChI is InChI=1S/C12H10ClF2NO3/c13-8-4-10(15)9(14)3-7(8)12(19)16(5-11(17)18)6-1-2-6/h3-4,6H,1-2,5H2,(H,17,18). The van der Waals surface area contributed by atoms with Crippen molar-refractivity contribution in [3.8, 4) is 0 Å². The summed E-state index contributed by atoms with van der Waals surface area (Å²) in [6.45, 7) is -0.487. The first-order valence-electron chi connectivity index (χ1n) is 5.57. The molecular formula is C12H10ClF2NO3. The number of carboxylic acid groups (broad SMARTS) is 1. The molecule has 0 spiro atoms. The zero-order valence-corrected chi connectivity index (χ0v) is 10.5. The van der Waals surface area contributed by atoms with Crippen LogP contribution in [-0.2, 0) is 4.79 Å². The first-order valence-corrected chi connectivity index (χ1v) is 5.95. The van der Waals surface area contributed by atoms with E-state index in [0.717, 1.165) is 4.90 Å². The molecule has 7 heteroatoms. The van der Waals surface area contributed by atoms with E-state index >= 15 is 0 Å². The second-order valence-electron chi connectivity index (χ2n) is 4.30. The van der Waals surface area contributed by atoms with Crippen molar-refractivity contribution >= 4 is 23.5 Å². The highest BCUT2D eigenvalue weighted by molar-refractivity contribution is 6.33. The Morgan fingerprint density at radius 2 is 1.89 bits per heavy atom. The number of hydrogen-bond acceptors (Lipinski definition) is 2. The van der Waals surface area contributed by atoms with Crippen LogP contribution in [-0.4, -0.2) is 34.5 Å². The van der Waals surface area contributed by atoms with Gasteiger partial charge in [-0.1, -0.05) is 11.6 Å². The zero-order chi connectivity index (χ0) is 14.2. The molecule has 0 atom stereocenters. The summed E-state index contributed by atoms with van der Waals surface area (Å²) in [5, 5.41) is 8.53. The summed E-state index contributed by atoms with van der Waals surface area (Å²) in [6, 6.07) is 1.22. The molecule has 1 aliphatic carbocycles. The van der Waals surface area contributed by atoms with Crippen LogP contribution in [0.5, 0.6) is 0 Å². The molecular weight excluding hydrogens is 280 g/mol. The van der Waals surface area contributed by atoms with Crippen LogP contribution < -0.4 is 0 Å². The van der Waals surface area contributed by atoms with Crippen molar-refractivity contribution in [1.82, 2.24) is 4.90 Å². The predicted octanol–water partition coefficient (Wildman–Crippen LogP) is 2.31. The van der Waals surface area contributed by atoms with Gasteiger partial charge in [-0.05, 0) is 25.0 Å². The van der Waals surface area contributed by atoms with E-state index in [-0.39, 0.29) is 16.6 Å². The molecule has 0 aliphatic heterocycles. The van der Waals surface area contributed by atoms with Crippen LogP contribution in [0, 0.1) is 11.6 Å². The van der Waals surface area contributed by atoms with Crippen LogP contribution in [0.15, 0.2) is 12.1 Å². The van der Waals surface area contributed by atoms with Crippen molar-refractivity contribution in [3.63, 3.8) is 0 Å². The third-order valence-corrected chi connectivity index (χ3v) is 3.11. The van der Waals surface area contributed by atoms with Gasteiger partial charge < -0.3 is 10.0 Å². The Balaban J connectivity index is 2.31.